The topological polar surface area (TPSA) is 63.1 Å². The van der Waals surface area contributed by atoms with Crippen LogP contribution in [0.15, 0.2) is 96.4 Å². The molecule has 2 aromatic carbocycles. The molecule has 5 nitrogen and oxygen atoms in total. The average Bonchev–Trinajstić information content (AvgIpc) is 2.76. The van der Waals surface area contributed by atoms with Crippen molar-refractivity contribution in [2.24, 2.45) is 5.10 Å². The fourth-order valence-corrected chi connectivity index (χ4v) is 2.60. The van der Waals surface area contributed by atoms with E-state index < -0.39 is 0 Å². The molecule has 4 rings (SSSR count). The monoisotopic (exact) mass is 351 g/mol. The minimum atomic E-state index is 0.628. The summed E-state index contributed by atoms with van der Waals surface area (Å²) in [7, 11) is 0. The number of aromatic nitrogens is 3. The molecule has 1 N–H and O–H groups in total. The van der Waals surface area contributed by atoms with E-state index >= 15 is 0 Å². The van der Waals surface area contributed by atoms with Gasteiger partial charge < -0.3 is 0 Å². The van der Waals surface area contributed by atoms with E-state index in [0.29, 0.717) is 11.6 Å². The molecule has 0 aliphatic rings. The van der Waals surface area contributed by atoms with Crippen LogP contribution in [0.5, 0.6) is 0 Å². The Morgan fingerprint density at radius 3 is 2.22 bits per heavy atom. The van der Waals surface area contributed by atoms with Crippen LogP contribution in [0.25, 0.3) is 22.6 Å². The highest BCUT2D eigenvalue weighted by atomic mass is 15.3. The fourth-order valence-electron chi connectivity index (χ4n) is 2.60. The fraction of sp³-hybridized carbons (Fsp3) is 0. The molecule has 0 atom stereocenters. The summed E-state index contributed by atoms with van der Waals surface area (Å²) in [6.45, 7) is 0. The molecule has 0 saturated heterocycles. The summed E-state index contributed by atoms with van der Waals surface area (Å²) in [5.41, 5.74) is 6.73. The number of hydrazone groups is 1. The third kappa shape index (κ3) is 4.22. The summed E-state index contributed by atoms with van der Waals surface area (Å²) in [4.78, 5) is 13.4. The number of hydrogen-bond donors (Lipinski definition) is 1. The van der Waals surface area contributed by atoms with Gasteiger partial charge in [-0.1, -0.05) is 66.7 Å². The van der Waals surface area contributed by atoms with Crippen LogP contribution in [-0.2, 0) is 0 Å². The first-order valence-electron chi connectivity index (χ1n) is 8.57. The first kappa shape index (κ1) is 16.6. The van der Waals surface area contributed by atoms with Gasteiger partial charge in [0.2, 0.25) is 0 Å². The highest BCUT2D eigenvalue weighted by Gasteiger charge is 2.08. The Hall–Kier alpha value is -3.86. The van der Waals surface area contributed by atoms with Gasteiger partial charge in [0.25, 0.3) is 0 Å². The predicted molar refractivity (Wildman–Crippen MR) is 108 cm³/mol. The molecule has 2 aromatic heterocycles. The zero-order chi connectivity index (χ0) is 18.3. The molecule has 130 valence electrons. The molecule has 27 heavy (non-hydrogen) atoms. The SMILES string of the molecule is C(=NNc1cc(-c2ccccc2)nc(-c2ccccc2)n1)c1cccnc1. The van der Waals surface area contributed by atoms with Crippen LogP contribution < -0.4 is 5.43 Å². The Labute approximate surface area is 157 Å². The van der Waals surface area contributed by atoms with Crippen molar-refractivity contribution in [3.63, 3.8) is 0 Å². The van der Waals surface area contributed by atoms with Crippen LogP contribution >= 0.6 is 0 Å². The van der Waals surface area contributed by atoms with E-state index in [0.717, 1.165) is 22.4 Å². The zero-order valence-corrected chi connectivity index (χ0v) is 14.5. The van der Waals surface area contributed by atoms with E-state index in [4.69, 9.17) is 4.98 Å². The number of hydrogen-bond acceptors (Lipinski definition) is 5. The molecular formula is C22H17N5. The first-order valence-corrected chi connectivity index (χ1v) is 8.57. The molecule has 0 fully saturated rings. The second kappa shape index (κ2) is 8.01. The first-order chi connectivity index (χ1) is 13.4. The smallest absolute Gasteiger partial charge is 0.162 e. The number of anilines is 1. The number of nitrogens with zero attached hydrogens (tertiary/aromatic N) is 4. The van der Waals surface area contributed by atoms with Crippen molar-refractivity contribution < 1.29 is 0 Å². The van der Waals surface area contributed by atoms with Gasteiger partial charge in [-0.25, -0.2) is 9.97 Å². The van der Waals surface area contributed by atoms with E-state index in [1.165, 1.54) is 0 Å². The average molecular weight is 351 g/mol. The van der Waals surface area contributed by atoms with Crippen molar-refractivity contribution >= 4 is 12.0 Å². The predicted octanol–water partition coefficient (Wildman–Crippen LogP) is 4.65. The Morgan fingerprint density at radius 2 is 1.52 bits per heavy atom. The van der Waals surface area contributed by atoms with Crippen molar-refractivity contribution in [1.82, 2.24) is 15.0 Å². The summed E-state index contributed by atoms with van der Waals surface area (Å²) in [5.74, 6) is 1.28. The second-order valence-corrected chi connectivity index (χ2v) is 5.85. The largest absolute Gasteiger partial charge is 0.264 e. The van der Waals surface area contributed by atoms with Crippen molar-refractivity contribution in [2.75, 3.05) is 5.43 Å². The van der Waals surface area contributed by atoms with Gasteiger partial charge in [0, 0.05) is 35.2 Å². The normalized spacial score (nSPS) is 10.8. The van der Waals surface area contributed by atoms with Crippen molar-refractivity contribution in [3.8, 4) is 22.6 Å². The Morgan fingerprint density at radius 1 is 0.778 bits per heavy atom. The van der Waals surface area contributed by atoms with Crippen molar-refractivity contribution in [2.45, 2.75) is 0 Å². The Balaban J connectivity index is 1.69. The van der Waals surface area contributed by atoms with E-state index in [9.17, 15) is 0 Å². The van der Waals surface area contributed by atoms with Crippen LogP contribution in [0.4, 0.5) is 5.82 Å². The van der Waals surface area contributed by atoms with Crippen LogP contribution in [0.3, 0.4) is 0 Å². The van der Waals surface area contributed by atoms with Crippen molar-refractivity contribution in [1.29, 1.82) is 0 Å². The van der Waals surface area contributed by atoms with Gasteiger partial charge in [-0.3, -0.25) is 10.4 Å². The van der Waals surface area contributed by atoms with Gasteiger partial charge in [0.1, 0.15) is 0 Å². The maximum absolute atomic E-state index is 4.73. The molecule has 2 heterocycles. The molecule has 0 aliphatic heterocycles. The van der Waals surface area contributed by atoms with Crippen LogP contribution in [0.1, 0.15) is 5.56 Å². The summed E-state index contributed by atoms with van der Waals surface area (Å²) in [6.07, 6.45) is 5.18. The van der Waals surface area contributed by atoms with E-state index in [-0.39, 0.29) is 0 Å². The lowest BCUT2D eigenvalue weighted by Crippen LogP contribution is -1.99. The summed E-state index contributed by atoms with van der Waals surface area (Å²) >= 11 is 0. The number of benzene rings is 2. The lowest BCUT2D eigenvalue weighted by Gasteiger charge is -2.08. The van der Waals surface area contributed by atoms with Crippen LogP contribution in [0.2, 0.25) is 0 Å². The van der Waals surface area contributed by atoms with Gasteiger partial charge >= 0.3 is 0 Å². The van der Waals surface area contributed by atoms with Crippen LogP contribution in [0, 0.1) is 0 Å². The Kier molecular flexibility index (Phi) is 4.93. The molecule has 0 radical (unpaired) electrons. The zero-order valence-electron chi connectivity index (χ0n) is 14.5. The maximum Gasteiger partial charge on any atom is 0.162 e. The lowest BCUT2D eigenvalue weighted by molar-refractivity contribution is 1.15. The minimum absolute atomic E-state index is 0.628. The quantitative estimate of drug-likeness (QED) is 0.420. The molecule has 0 unspecified atom stereocenters. The number of nitrogens with one attached hydrogen (secondary N) is 1. The molecule has 0 aliphatic carbocycles. The number of pyridine rings is 1. The summed E-state index contributed by atoms with van der Waals surface area (Å²) in [5, 5.41) is 4.28. The lowest BCUT2D eigenvalue weighted by atomic mass is 10.1. The third-order valence-electron chi connectivity index (χ3n) is 3.90. The van der Waals surface area contributed by atoms with Gasteiger partial charge in [-0.15, -0.1) is 0 Å². The Bertz CT molecular complexity index is 974. The van der Waals surface area contributed by atoms with Crippen LogP contribution in [-0.4, -0.2) is 21.2 Å². The van der Waals surface area contributed by atoms with Gasteiger partial charge in [0.05, 0.1) is 11.9 Å². The van der Waals surface area contributed by atoms with Gasteiger partial charge in [0.15, 0.2) is 11.6 Å². The van der Waals surface area contributed by atoms with E-state index in [1.807, 2.05) is 78.9 Å². The van der Waals surface area contributed by atoms with Gasteiger partial charge in [-0.05, 0) is 6.07 Å². The highest BCUT2D eigenvalue weighted by Crippen LogP contribution is 2.24. The third-order valence-corrected chi connectivity index (χ3v) is 3.90. The molecule has 0 spiro atoms. The standard InChI is InChI=1S/C22H17N5/c1-3-9-18(10-4-1)20-14-21(27-24-16-17-8-7-13-23-15-17)26-22(25-20)19-11-5-2-6-12-19/h1-16H,(H,25,26,27). The maximum atomic E-state index is 4.73. The van der Waals surface area contributed by atoms with E-state index in [1.54, 1.807) is 18.6 Å². The molecule has 0 saturated carbocycles. The molecular weight excluding hydrogens is 334 g/mol. The molecule has 5 heteroatoms. The number of rotatable bonds is 5. The highest BCUT2D eigenvalue weighted by molar-refractivity contribution is 5.79. The molecule has 4 aromatic rings. The van der Waals surface area contributed by atoms with Crippen molar-refractivity contribution in [3.05, 3.63) is 96.8 Å². The second-order valence-electron chi connectivity index (χ2n) is 5.85. The summed E-state index contributed by atoms with van der Waals surface area (Å²) in [6, 6.07) is 25.6. The van der Waals surface area contributed by atoms with E-state index in [2.05, 4.69) is 20.5 Å². The van der Waals surface area contributed by atoms with Gasteiger partial charge in [-0.2, -0.15) is 5.10 Å². The summed E-state index contributed by atoms with van der Waals surface area (Å²) < 4.78 is 0. The molecule has 0 bridgehead atoms. The molecule has 0 amide bonds. The minimum Gasteiger partial charge on any atom is -0.264 e.